The third-order valence-corrected chi connectivity index (χ3v) is 25.0. The van der Waals surface area contributed by atoms with Crippen molar-refractivity contribution in [3.05, 3.63) is 228 Å². The summed E-state index contributed by atoms with van der Waals surface area (Å²) in [7, 11) is 4.13. The number of hydrogen-bond acceptors (Lipinski definition) is 9. The fourth-order valence-electron chi connectivity index (χ4n) is 19.6. The van der Waals surface area contributed by atoms with Crippen molar-refractivity contribution < 1.29 is 39.1 Å². The van der Waals surface area contributed by atoms with E-state index >= 15 is 0 Å². The first kappa shape index (κ1) is 63.5. The summed E-state index contributed by atoms with van der Waals surface area (Å²) in [5.41, 5.74) is 12.5. The van der Waals surface area contributed by atoms with E-state index in [-0.39, 0.29) is 22.9 Å². The molecule has 13 nitrogen and oxygen atoms in total. The summed E-state index contributed by atoms with van der Waals surface area (Å²) >= 11 is 0. The molecule has 5 aliphatic rings. The van der Waals surface area contributed by atoms with Crippen molar-refractivity contribution >= 4 is 83.3 Å². The van der Waals surface area contributed by atoms with Crippen molar-refractivity contribution in [1.82, 2.24) is 24.3 Å². The summed E-state index contributed by atoms with van der Waals surface area (Å²) in [6.07, 6.45) is 13.5. The van der Waals surface area contributed by atoms with Gasteiger partial charge in [-0.15, -0.1) is 18.7 Å². The molecule has 6 aromatic carbocycles. The van der Waals surface area contributed by atoms with Crippen LogP contribution >= 0.6 is 0 Å². The van der Waals surface area contributed by atoms with Crippen LogP contribution in [0.3, 0.4) is 0 Å². The molecule has 19 rings (SSSR count). The Kier molecular flexibility index (Phi) is 16.9. The van der Waals surface area contributed by atoms with Crippen LogP contribution in [0.5, 0.6) is 0 Å². The van der Waals surface area contributed by atoms with Crippen molar-refractivity contribution in [3.8, 4) is 22.6 Å². The molecule has 582 valence electrons. The number of aromatic nitrogens is 7. The standard InChI is InChI=1S/C25H32N2O.C24H30N2O.C22H28N2O.C17H17N2.C11H13N2/c1-16-9-11-19-20-12-10-17(2)26-23(20)28-22(19)21(16)27-18(3)25(15-24(27,4)5)13-7-6-8-14-25;1-16-10-11-18-19-9-8-14-25-22(19)27-21(18)20(16)26-17(2)24(15-23(26,3)4)12-6-5-7-13-24;1-13-8-10-16-17-11-9-14(2)23-20(17)25-19(16)18(13)24-15(3)21(4,5)12-22(24,6)7;1-14-8-6-7-11-16(14)19-13-12-17(18(19)2)15-9-4-3-5-10-15;1-10-6-3-4-7-11(10)13-9-5-8-12(13)2/h9-12,18H,6-8,13-15H2,1-5H3;8-11,14,17H,5-7,12-13,15H2,1-4H3;8-11,15H,12H2,1-7H3;3-13H,1-2H3;3-9H,1-2H3/q;;;2*+1/t18-;17-;15-;;/m000../s1/i2*15D2;4D3,5D3,12D2;;. The van der Waals surface area contributed by atoms with Crippen LogP contribution in [0.4, 0.5) is 17.1 Å². The Labute approximate surface area is 681 Å². The molecule has 3 aliphatic heterocycles. The number of furan rings is 3. The maximum atomic E-state index is 9.34. The number of benzene rings is 6. The molecule has 13 heteroatoms. The van der Waals surface area contributed by atoms with Gasteiger partial charge in [0, 0.05) is 119 Å². The molecule has 14 aromatic rings. The third kappa shape index (κ3) is 14.0. The van der Waals surface area contributed by atoms with Gasteiger partial charge >= 0.3 is 0 Å². The lowest BCUT2D eigenvalue weighted by Crippen LogP contribution is -2.44. The number of nitrogens with zero attached hydrogens (tertiary/aromatic N) is 10. The fourth-order valence-corrected chi connectivity index (χ4v) is 19.6. The fraction of sp³-hybridized carbons (Fsp3) is 0.424. The van der Waals surface area contributed by atoms with Gasteiger partial charge in [-0.05, 0) is 260 Å². The van der Waals surface area contributed by atoms with Crippen LogP contribution in [0.2, 0.25) is 0 Å². The van der Waals surface area contributed by atoms with Gasteiger partial charge in [-0.3, -0.25) is 0 Å². The molecule has 2 aliphatic carbocycles. The Morgan fingerprint density at radius 2 is 0.830 bits per heavy atom. The highest BCUT2D eigenvalue weighted by molar-refractivity contribution is 6.11. The smallest absolute Gasteiger partial charge is 0.238 e. The molecule has 2 spiro atoms. The SMILES string of the molecule is Cc1ccccc1-n1ccc(-c2ccccc2)[n+]1C.Cc1ccccc1-n1ccc[n+]1C.[2H]C([2H])([2H])C1(C([2H])([2H])[2H])[C@H](C)N(c2c(C)ccc3c2oc2nc(C)ccc23)C(C)(C)C1([2H])[2H].[2H]C1([2H])C2(CCCCC2)[C@H](C)N(c2c(C)ccc3c2oc2nc(C)ccc23)C1(C)C.[2H]C1([2H])C2(CCCCC2)[C@H](C)N(c2c(C)ccc3c2oc2ncccc23)C1(C)C. The zero-order valence-electron chi connectivity index (χ0n) is 80.9. The van der Waals surface area contributed by atoms with Crippen molar-refractivity contribution in [3.63, 3.8) is 0 Å². The maximum Gasteiger partial charge on any atom is 0.238 e. The molecule has 3 saturated heterocycles. The molecule has 11 heterocycles. The predicted molar refractivity (Wildman–Crippen MR) is 464 cm³/mol. The van der Waals surface area contributed by atoms with Gasteiger partial charge in [0.2, 0.25) is 22.8 Å². The Hall–Kier alpha value is -10.0. The first-order valence-corrected chi connectivity index (χ1v) is 40.3. The molecule has 112 heavy (non-hydrogen) atoms. The molecule has 0 bridgehead atoms. The lowest BCUT2D eigenvalue weighted by molar-refractivity contribution is -0.744. The van der Waals surface area contributed by atoms with Gasteiger partial charge in [-0.25, -0.2) is 15.0 Å². The molecule has 5 fully saturated rings. The van der Waals surface area contributed by atoms with Gasteiger partial charge in [0.05, 0.1) is 29.5 Å². The van der Waals surface area contributed by atoms with Gasteiger partial charge in [0.15, 0.2) is 37.0 Å². The molecule has 0 unspecified atom stereocenters. The Morgan fingerprint density at radius 3 is 1.28 bits per heavy atom. The van der Waals surface area contributed by atoms with E-state index in [1.54, 1.807) is 24.9 Å². The normalized spacial score (nSPS) is 22.9. The van der Waals surface area contributed by atoms with Crippen LogP contribution in [-0.4, -0.2) is 59.1 Å². The number of rotatable bonds is 6. The summed E-state index contributed by atoms with van der Waals surface area (Å²) in [5, 5.41) is 5.69. The number of hydrogen-bond donors (Lipinski definition) is 0. The number of aryl methyl sites for hydroxylation is 8. The topological polar surface area (TPSA) is 105 Å². The zero-order valence-corrected chi connectivity index (χ0v) is 68.9. The zero-order chi connectivity index (χ0) is 89.5. The van der Waals surface area contributed by atoms with Crippen LogP contribution in [0, 0.1) is 64.7 Å². The maximum absolute atomic E-state index is 9.34. The second kappa shape index (κ2) is 29.8. The van der Waals surface area contributed by atoms with E-state index in [0.717, 1.165) is 134 Å². The largest absolute Gasteiger partial charge is 0.436 e. The minimum atomic E-state index is -3.10. The van der Waals surface area contributed by atoms with E-state index in [1.165, 1.54) is 53.5 Å². The van der Waals surface area contributed by atoms with Gasteiger partial charge < -0.3 is 28.0 Å². The van der Waals surface area contributed by atoms with Crippen molar-refractivity contribution in [2.24, 2.45) is 30.3 Å². The molecule has 0 amide bonds. The summed E-state index contributed by atoms with van der Waals surface area (Å²) in [5.74, 6) is 0. The van der Waals surface area contributed by atoms with E-state index < -0.39 is 60.9 Å². The number of anilines is 3. The second-order valence-corrected chi connectivity index (χ2v) is 33.9. The Bertz CT molecular complexity index is 6320. The molecule has 0 N–H and O–H groups in total. The molecule has 2 saturated carbocycles. The minimum absolute atomic E-state index is 0.0926. The van der Waals surface area contributed by atoms with E-state index in [0.29, 0.717) is 28.4 Å². The molecular formula is C99H120N10O3+2. The van der Waals surface area contributed by atoms with Crippen LogP contribution in [0.15, 0.2) is 202 Å². The van der Waals surface area contributed by atoms with Crippen LogP contribution in [0.25, 0.3) is 88.8 Å². The summed E-state index contributed by atoms with van der Waals surface area (Å²) in [6.45, 7) is 25.3. The van der Waals surface area contributed by atoms with Gasteiger partial charge in [0.25, 0.3) is 0 Å². The predicted octanol–water partition coefficient (Wildman–Crippen LogP) is 24.4. The number of pyridine rings is 3. The van der Waals surface area contributed by atoms with Gasteiger partial charge in [-0.1, -0.05) is 143 Å². The molecule has 3 atom stereocenters. The lowest BCUT2D eigenvalue weighted by atomic mass is 9.68. The first-order valence-electron chi connectivity index (χ1n) is 46.3. The van der Waals surface area contributed by atoms with Crippen molar-refractivity contribution in [2.45, 2.75) is 243 Å². The van der Waals surface area contributed by atoms with Crippen molar-refractivity contribution in [2.75, 3.05) is 14.7 Å². The van der Waals surface area contributed by atoms with Crippen LogP contribution in [0.1, 0.15) is 215 Å². The van der Waals surface area contributed by atoms with Crippen molar-refractivity contribution in [1.29, 1.82) is 0 Å². The molecule has 0 radical (unpaired) electrons. The highest BCUT2D eigenvalue weighted by Crippen LogP contribution is 2.60. The average Bonchev–Trinajstić information content (AvgIpc) is 1.49. The Morgan fingerprint density at radius 1 is 0.411 bits per heavy atom. The third-order valence-electron chi connectivity index (χ3n) is 25.0. The van der Waals surface area contributed by atoms with E-state index in [9.17, 15) is 5.48 Å². The van der Waals surface area contributed by atoms with Crippen LogP contribution in [-0.2, 0) is 14.1 Å². The average molecular weight is 1510 g/mol. The monoisotopic (exact) mass is 1510 g/mol. The van der Waals surface area contributed by atoms with Gasteiger partial charge in [-0.2, -0.15) is 0 Å². The molecular weight excluding hydrogens is 1380 g/mol. The number of fused-ring (bicyclic) bond motifs is 9. The van der Waals surface area contributed by atoms with Crippen LogP contribution < -0.4 is 24.1 Å². The highest BCUT2D eigenvalue weighted by atomic mass is 16.3. The lowest BCUT2D eigenvalue weighted by Gasteiger charge is -2.41. The summed E-state index contributed by atoms with van der Waals surface area (Å²) < 4.78 is 132. The minimum Gasteiger partial charge on any atom is -0.436 e. The highest BCUT2D eigenvalue weighted by Gasteiger charge is 2.56. The van der Waals surface area contributed by atoms with E-state index in [1.807, 2.05) is 88.6 Å². The molecule has 8 aromatic heterocycles. The van der Waals surface area contributed by atoms with Gasteiger partial charge in [0.1, 0.15) is 11.4 Å². The number of para-hydroxylation sites is 2. The second-order valence-electron chi connectivity index (χ2n) is 33.9. The summed E-state index contributed by atoms with van der Waals surface area (Å²) in [4.78, 5) is 19.8. The summed E-state index contributed by atoms with van der Waals surface area (Å²) in [6, 6.07) is 54.5. The Balaban J connectivity index is 0.000000123. The quantitative estimate of drug-likeness (QED) is 0.151. The van der Waals surface area contributed by atoms with E-state index in [2.05, 4.69) is 241 Å². The van der Waals surface area contributed by atoms with E-state index in [4.69, 9.17) is 24.2 Å². The first-order chi connectivity index (χ1) is 58.3.